The van der Waals surface area contributed by atoms with E-state index in [1.165, 1.54) is 6.20 Å². The molecule has 110 valence electrons. The monoisotopic (exact) mass is 305 g/mol. The number of amides is 1. The van der Waals surface area contributed by atoms with Gasteiger partial charge in [0.2, 0.25) is 0 Å². The topological polar surface area (TPSA) is 92.2 Å². The van der Waals surface area contributed by atoms with Crippen LogP contribution in [0.4, 0.5) is 0 Å². The van der Waals surface area contributed by atoms with Gasteiger partial charge < -0.3 is 10.4 Å². The first-order valence-electron chi connectivity index (χ1n) is 6.44. The summed E-state index contributed by atoms with van der Waals surface area (Å²) in [5.41, 5.74) is -0.475. The van der Waals surface area contributed by atoms with Gasteiger partial charge in [0.1, 0.15) is 10.3 Å². The molecule has 1 heterocycles. The van der Waals surface area contributed by atoms with Crippen LogP contribution in [0.5, 0.6) is 0 Å². The van der Waals surface area contributed by atoms with Crippen molar-refractivity contribution >= 4 is 23.4 Å². The lowest BCUT2D eigenvalue weighted by Crippen LogP contribution is -2.46. The molecule has 0 aliphatic rings. The minimum Gasteiger partial charge on any atom is -0.481 e. The summed E-state index contributed by atoms with van der Waals surface area (Å²) in [7, 11) is 0. The number of carbonyl (C=O) groups is 2. The molecule has 2 aromatic rings. The molecule has 1 amide bonds. The highest BCUT2D eigenvalue weighted by molar-refractivity contribution is 7.07. The van der Waals surface area contributed by atoms with Gasteiger partial charge in [-0.15, -0.1) is 5.10 Å². The van der Waals surface area contributed by atoms with E-state index in [0.29, 0.717) is 16.9 Å². The Kier molecular flexibility index (Phi) is 4.64. The fourth-order valence-corrected chi connectivity index (χ4v) is 2.56. The average Bonchev–Trinajstić information content (AvgIpc) is 3.03. The Bertz CT molecular complexity index is 616. The highest BCUT2D eigenvalue weighted by atomic mass is 32.1. The number of hydrogen-bond acceptors (Lipinski definition) is 5. The van der Waals surface area contributed by atoms with Gasteiger partial charge >= 0.3 is 5.97 Å². The molecule has 6 nitrogen and oxygen atoms in total. The Balaban J connectivity index is 2.22. The number of aromatic nitrogens is 2. The molecule has 0 spiro atoms. The zero-order valence-electron chi connectivity index (χ0n) is 11.4. The normalized spacial score (nSPS) is 13.4. The molecule has 7 heteroatoms. The summed E-state index contributed by atoms with van der Waals surface area (Å²) in [6, 6.07) is 8.93. The Morgan fingerprint density at radius 1 is 1.33 bits per heavy atom. The number of hydrogen-bond donors (Lipinski definition) is 2. The van der Waals surface area contributed by atoms with Crippen LogP contribution in [0, 0.1) is 0 Å². The van der Waals surface area contributed by atoms with Crippen LogP contribution < -0.4 is 5.32 Å². The van der Waals surface area contributed by atoms with E-state index in [1.807, 2.05) is 6.07 Å². The van der Waals surface area contributed by atoms with Crippen molar-refractivity contribution in [1.29, 1.82) is 0 Å². The predicted octanol–water partition coefficient (Wildman–Crippen LogP) is 1.70. The van der Waals surface area contributed by atoms with E-state index < -0.39 is 11.4 Å². The summed E-state index contributed by atoms with van der Waals surface area (Å²) in [5.74, 6) is -1.32. The number of carboxylic acids is 1. The minimum absolute atomic E-state index is 0.0135. The van der Waals surface area contributed by atoms with E-state index in [4.69, 9.17) is 0 Å². The molecular weight excluding hydrogens is 290 g/mol. The Labute approximate surface area is 126 Å². The number of carboxylic acid groups (broad SMARTS) is 1. The number of carbonyl (C=O) groups excluding carboxylic acids is 1. The Morgan fingerprint density at radius 3 is 2.57 bits per heavy atom. The molecule has 0 radical (unpaired) electrons. The molecule has 0 aliphatic heterocycles. The van der Waals surface area contributed by atoms with Crippen molar-refractivity contribution in [3.05, 3.63) is 47.0 Å². The van der Waals surface area contributed by atoms with Gasteiger partial charge in [0.25, 0.3) is 5.91 Å². The van der Waals surface area contributed by atoms with Crippen LogP contribution in [0.15, 0.2) is 36.5 Å². The maximum absolute atomic E-state index is 11.9. The summed E-state index contributed by atoms with van der Waals surface area (Å²) in [4.78, 5) is 24.1. The van der Waals surface area contributed by atoms with Crippen molar-refractivity contribution in [2.45, 2.75) is 18.8 Å². The second-order valence-corrected chi connectivity index (χ2v) is 5.36. The van der Waals surface area contributed by atoms with Crippen molar-refractivity contribution in [3.8, 4) is 0 Å². The van der Waals surface area contributed by atoms with Crippen molar-refractivity contribution in [2.75, 3.05) is 6.54 Å². The zero-order chi connectivity index (χ0) is 15.3. The molecule has 1 atom stereocenters. The van der Waals surface area contributed by atoms with Gasteiger partial charge in [-0.3, -0.25) is 9.59 Å². The van der Waals surface area contributed by atoms with Crippen LogP contribution in [-0.4, -0.2) is 33.1 Å². The van der Waals surface area contributed by atoms with Gasteiger partial charge in [-0.25, -0.2) is 0 Å². The fraction of sp³-hybridized carbons (Fsp3) is 0.286. The summed E-state index contributed by atoms with van der Waals surface area (Å²) in [6.07, 6.45) is 1.73. The Morgan fingerprint density at radius 2 is 2.05 bits per heavy atom. The Hall–Kier alpha value is -2.28. The molecule has 21 heavy (non-hydrogen) atoms. The molecular formula is C14H15N3O3S. The lowest BCUT2D eigenvalue weighted by molar-refractivity contribution is -0.143. The van der Waals surface area contributed by atoms with Crippen molar-refractivity contribution < 1.29 is 14.7 Å². The van der Waals surface area contributed by atoms with Crippen LogP contribution in [-0.2, 0) is 10.2 Å². The number of nitrogens with zero attached hydrogens (tertiary/aromatic N) is 2. The first-order valence-corrected chi connectivity index (χ1v) is 7.22. The molecule has 0 fully saturated rings. The van der Waals surface area contributed by atoms with Gasteiger partial charge in [0.15, 0.2) is 0 Å². The van der Waals surface area contributed by atoms with Gasteiger partial charge in [-0.05, 0) is 23.5 Å². The second kappa shape index (κ2) is 6.45. The number of benzene rings is 1. The van der Waals surface area contributed by atoms with E-state index in [9.17, 15) is 14.7 Å². The van der Waals surface area contributed by atoms with E-state index in [2.05, 4.69) is 14.9 Å². The highest BCUT2D eigenvalue weighted by Crippen LogP contribution is 2.28. The van der Waals surface area contributed by atoms with E-state index in [-0.39, 0.29) is 12.5 Å². The third-order valence-corrected chi connectivity index (χ3v) is 4.14. The molecule has 0 saturated heterocycles. The van der Waals surface area contributed by atoms with Crippen LogP contribution in [0.3, 0.4) is 0 Å². The maximum atomic E-state index is 11.9. The van der Waals surface area contributed by atoms with Crippen molar-refractivity contribution in [2.24, 2.45) is 0 Å². The van der Waals surface area contributed by atoms with Crippen LogP contribution in [0.25, 0.3) is 0 Å². The molecule has 1 unspecified atom stereocenters. The molecule has 1 aromatic heterocycles. The van der Waals surface area contributed by atoms with Crippen molar-refractivity contribution in [1.82, 2.24) is 14.9 Å². The summed E-state index contributed by atoms with van der Waals surface area (Å²) < 4.78 is 3.62. The van der Waals surface area contributed by atoms with Gasteiger partial charge in [0, 0.05) is 6.54 Å². The van der Waals surface area contributed by atoms with E-state index in [0.717, 1.165) is 11.5 Å². The third kappa shape index (κ3) is 3.08. The SMILES string of the molecule is CCC(CNC(=O)c1cnns1)(C(=O)O)c1ccccc1. The summed E-state index contributed by atoms with van der Waals surface area (Å²) >= 11 is 0.973. The summed E-state index contributed by atoms with van der Waals surface area (Å²) in [5, 5.41) is 15.9. The zero-order valence-corrected chi connectivity index (χ0v) is 12.3. The first-order chi connectivity index (χ1) is 10.1. The smallest absolute Gasteiger partial charge is 0.315 e. The third-order valence-electron chi connectivity index (χ3n) is 3.48. The van der Waals surface area contributed by atoms with E-state index >= 15 is 0 Å². The predicted molar refractivity (Wildman–Crippen MR) is 78.3 cm³/mol. The lowest BCUT2D eigenvalue weighted by atomic mass is 9.78. The average molecular weight is 305 g/mol. The van der Waals surface area contributed by atoms with Crippen LogP contribution in [0.1, 0.15) is 28.6 Å². The van der Waals surface area contributed by atoms with Crippen LogP contribution in [0.2, 0.25) is 0 Å². The quantitative estimate of drug-likeness (QED) is 0.847. The molecule has 0 bridgehead atoms. The van der Waals surface area contributed by atoms with Gasteiger partial charge in [0.05, 0.1) is 6.20 Å². The molecule has 0 aliphatic carbocycles. The lowest BCUT2D eigenvalue weighted by Gasteiger charge is -2.28. The number of aliphatic carboxylic acids is 1. The van der Waals surface area contributed by atoms with E-state index in [1.54, 1.807) is 31.2 Å². The minimum atomic E-state index is -1.14. The first kappa shape index (κ1) is 15.1. The van der Waals surface area contributed by atoms with Crippen LogP contribution >= 0.6 is 11.5 Å². The second-order valence-electron chi connectivity index (χ2n) is 4.57. The molecule has 2 rings (SSSR count). The molecule has 0 saturated carbocycles. The fourth-order valence-electron chi connectivity index (χ4n) is 2.12. The van der Waals surface area contributed by atoms with Gasteiger partial charge in [-0.2, -0.15) is 0 Å². The van der Waals surface area contributed by atoms with Gasteiger partial charge in [-0.1, -0.05) is 41.7 Å². The molecule has 2 N–H and O–H groups in total. The number of rotatable bonds is 6. The summed E-state index contributed by atoms with van der Waals surface area (Å²) in [6.45, 7) is 1.81. The molecule has 1 aromatic carbocycles. The highest BCUT2D eigenvalue weighted by Gasteiger charge is 2.39. The number of nitrogens with one attached hydrogen (secondary N) is 1. The maximum Gasteiger partial charge on any atom is 0.315 e. The standard InChI is InChI=1S/C14H15N3O3S/c1-2-14(13(19)20,10-6-4-3-5-7-10)9-15-12(18)11-8-16-17-21-11/h3-8H,2,9H2,1H3,(H,15,18)(H,19,20). The largest absolute Gasteiger partial charge is 0.481 e. The van der Waals surface area contributed by atoms with Crippen molar-refractivity contribution in [3.63, 3.8) is 0 Å².